The van der Waals surface area contributed by atoms with Crippen LogP contribution in [0.5, 0.6) is 11.5 Å². The van der Waals surface area contributed by atoms with Crippen molar-refractivity contribution in [1.82, 2.24) is 20.2 Å². The number of carbonyl (C=O) groups is 1. The molecule has 1 heterocycles. The second kappa shape index (κ2) is 11.8. The van der Waals surface area contributed by atoms with Gasteiger partial charge in [-0.2, -0.15) is 5.10 Å². The minimum absolute atomic E-state index is 0.114. The van der Waals surface area contributed by atoms with Gasteiger partial charge in [0.15, 0.2) is 11.0 Å². The van der Waals surface area contributed by atoms with Crippen molar-refractivity contribution >= 4 is 34.2 Å². The number of aromatic nitrogens is 3. The summed E-state index contributed by atoms with van der Waals surface area (Å²) in [5.74, 6) is 2.01. The first kappa shape index (κ1) is 26.0. The quantitative estimate of drug-likeness (QED) is 0.147. The van der Waals surface area contributed by atoms with E-state index in [4.69, 9.17) is 9.47 Å². The number of fused-ring (bicyclic) bond motifs is 1. The predicted molar refractivity (Wildman–Crippen MR) is 155 cm³/mol. The van der Waals surface area contributed by atoms with Gasteiger partial charge in [-0.15, -0.1) is 10.2 Å². The lowest BCUT2D eigenvalue weighted by Crippen LogP contribution is -2.21. The number of amides is 1. The van der Waals surface area contributed by atoms with E-state index >= 15 is 0 Å². The maximum atomic E-state index is 12.8. The van der Waals surface area contributed by atoms with E-state index in [0.29, 0.717) is 11.0 Å². The molecule has 9 heteroatoms. The van der Waals surface area contributed by atoms with Crippen molar-refractivity contribution in [2.75, 3.05) is 20.0 Å². The Balaban J connectivity index is 1.36. The Kier molecular flexibility index (Phi) is 7.88. The zero-order valence-corrected chi connectivity index (χ0v) is 22.6. The van der Waals surface area contributed by atoms with Gasteiger partial charge >= 0.3 is 0 Å². The van der Waals surface area contributed by atoms with E-state index < -0.39 is 0 Å². The van der Waals surface area contributed by atoms with Crippen LogP contribution in [0.25, 0.3) is 27.8 Å². The summed E-state index contributed by atoms with van der Waals surface area (Å²) in [5, 5.41) is 16.0. The predicted octanol–water partition coefficient (Wildman–Crippen LogP) is 5.74. The van der Waals surface area contributed by atoms with Crippen LogP contribution in [-0.4, -0.2) is 46.4 Å². The summed E-state index contributed by atoms with van der Waals surface area (Å²) >= 11 is 1.29. The number of hydrazone groups is 1. The van der Waals surface area contributed by atoms with E-state index in [1.165, 1.54) is 11.8 Å². The minimum atomic E-state index is -0.241. The highest BCUT2D eigenvalue weighted by Crippen LogP contribution is 2.30. The summed E-state index contributed by atoms with van der Waals surface area (Å²) in [4.78, 5) is 12.8. The standard InChI is InChI=1S/C30H27N5O3S/c1-20(26-10-6-8-21-7-4-5-9-27(21)26)31-32-28(36)19-39-30-34-33-29(22-11-15-24(37-2)16-12-22)35(30)23-13-17-25(38-3)18-14-23/h4-18H,19H2,1-3H3,(H,32,36). The molecule has 39 heavy (non-hydrogen) atoms. The third-order valence-corrected chi connectivity index (χ3v) is 7.10. The number of methoxy groups -OCH3 is 2. The Morgan fingerprint density at radius 2 is 1.54 bits per heavy atom. The first-order valence-corrected chi connectivity index (χ1v) is 13.2. The van der Waals surface area contributed by atoms with E-state index in [0.717, 1.165) is 44.8 Å². The van der Waals surface area contributed by atoms with Crippen molar-refractivity contribution in [2.24, 2.45) is 5.10 Å². The number of benzene rings is 4. The van der Waals surface area contributed by atoms with E-state index in [1.807, 2.05) is 90.4 Å². The van der Waals surface area contributed by atoms with Gasteiger partial charge in [-0.25, -0.2) is 5.43 Å². The molecule has 0 atom stereocenters. The fourth-order valence-corrected chi connectivity index (χ4v) is 4.91. The molecule has 0 radical (unpaired) electrons. The molecule has 1 N–H and O–H groups in total. The van der Waals surface area contributed by atoms with Crippen molar-refractivity contribution in [3.63, 3.8) is 0 Å². The molecule has 0 saturated heterocycles. The Morgan fingerprint density at radius 1 is 0.872 bits per heavy atom. The number of hydrogen-bond acceptors (Lipinski definition) is 7. The largest absolute Gasteiger partial charge is 0.497 e. The van der Waals surface area contributed by atoms with Crippen LogP contribution in [-0.2, 0) is 4.79 Å². The number of rotatable bonds is 9. The molecule has 0 bridgehead atoms. The lowest BCUT2D eigenvalue weighted by Gasteiger charge is -2.11. The molecule has 0 saturated carbocycles. The smallest absolute Gasteiger partial charge is 0.250 e. The van der Waals surface area contributed by atoms with Crippen molar-refractivity contribution < 1.29 is 14.3 Å². The minimum Gasteiger partial charge on any atom is -0.497 e. The van der Waals surface area contributed by atoms with Crippen LogP contribution in [0.2, 0.25) is 0 Å². The molecular weight excluding hydrogens is 510 g/mol. The van der Waals surface area contributed by atoms with Gasteiger partial charge in [0.25, 0.3) is 5.91 Å². The Morgan fingerprint density at radius 3 is 2.26 bits per heavy atom. The summed E-state index contributed by atoms with van der Waals surface area (Å²) < 4.78 is 12.5. The van der Waals surface area contributed by atoms with Gasteiger partial charge in [0, 0.05) is 16.8 Å². The van der Waals surface area contributed by atoms with Gasteiger partial charge in [0.05, 0.1) is 25.7 Å². The van der Waals surface area contributed by atoms with E-state index in [-0.39, 0.29) is 11.7 Å². The van der Waals surface area contributed by atoms with Crippen LogP contribution in [0, 0.1) is 0 Å². The van der Waals surface area contributed by atoms with Gasteiger partial charge in [0.1, 0.15) is 11.5 Å². The molecule has 1 aromatic heterocycles. The molecule has 0 spiro atoms. The van der Waals surface area contributed by atoms with Crippen molar-refractivity contribution in [3.05, 3.63) is 96.6 Å². The highest BCUT2D eigenvalue weighted by Gasteiger charge is 2.18. The molecule has 0 fully saturated rings. The summed E-state index contributed by atoms with van der Waals surface area (Å²) in [6, 6.07) is 29.3. The van der Waals surface area contributed by atoms with Gasteiger partial charge < -0.3 is 9.47 Å². The summed E-state index contributed by atoms with van der Waals surface area (Å²) in [7, 11) is 3.25. The Hall–Kier alpha value is -4.63. The number of nitrogens with one attached hydrogen (secondary N) is 1. The third-order valence-electron chi connectivity index (χ3n) is 6.17. The molecule has 1 amide bonds. The van der Waals surface area contributed by atoms with Crippen LogP contribution in [0.3, 0.4) is 0 Å². The van der Waals surface area contributed by atoms with Gasteiger partial charge in [0.2, 0.25) is 0 Å². The highest BCUT2D eigenvalue weighted by atomic mass is 32.2. The first-order chi connectivity index (χ1) is 19.1. The number of ether oxygens (including phenoxy) is 2. The van der Waals surface area contributed by atoms with Crippen LogP contribution < -0.4 is 14.9 Å². The molecule has 0 aliphatic rings. The highest BCUT2D eigenvalue weighted by molar-refractivity contribution is 7.99. The van der Waals surface area contributed by atoms with Crippen molar-refractivity contribution in [3.8, 4) is 28.6 Å². The molecule has 0 aliphatic carbocycles. The summed E-state index contributed by atoms with van der Waals surface area (Å²) in [5.41, 5.74) is 6.10. The number of thioether (sulfide) groups is 1. The summed E-state index contributed by atoms with van der Waals surface area (Å²) in [6.07, 6.45) is 0. The summed E-state index contributed by atoms with van der Waals surface area (Å²) in [6.45, 7) is 1.89. The van der Waals surface area contributed by atoms with Crippen LogP contribution in [0.1, 0.15) is 12.5 Å². The normalized spacial score (nSPS) is 11.4. The molecule has 5 aromatic rings. The first-order valence-electron chi connectivity index (χ1n) is 12.3. The third kappa shape index (κ3) is 5.78. The Labute approximate surface area is 230 Å². The molecule has 196 valence electrons. The van der Waals surface area contributed by atoms with Crippen LogP contribution >= 0.6 is 11.8 Å². The van der Waals surface area contributed by atoms with E-state index in [2.05, 4.69) is 32.9 Å². The molecule has 8 nitrogen and oxygen atoms in total. The number of hydrogen-bond donors (Lipinski definition) is 1. The lowest BCUT2D eigenvalue weighted by atomic mass is 10.0. The van der Waals surface area contributed by atoms with Crippen LogP contribution in [0.4, 0.5) is 0 Å². The Bertz CT molecular complexity index is 1620. The van der Waals surface area contributed by atoms with Gasteiger partial charge in [-0.1, -0.05) is 54.2 Å². The average Bonchev–Trinajstić information content (AvgIpc) is 3.42. The molecule has 0 unspecified atom stereocenters. The molecule has 4 aromatic carbocycles. The zero-order chi connectivity index (χ0) is 27.2. The maximum Gasteiger partial charge on any atom is 0.250 e. The maximum absolute atomic E-state index is 12.8. The molecule has 5 rings (SSSR count). The van der Waals surface area contributed by atoms with Gasteiger partial charge in [-0.05, 0) is 66.2 Å². The lowest BCUT2D eigenvalue weighted by molar-refractivity contribution is -0.118. The average molecular weight is 538 g/mol. The number of nitrogens with zero attached hydrogens (tertiary/aromatic N) is 4. The van der Waals surface area contributed by atoms with Gasteiger partial charge in [-0.3, -0.25) is 9.36 Å². The molecular formula is C30H27N5O3S. The SMILES string of the molecule is COc1ccc(-c2nnc(SCC(=O)NN=C(C)c3cccc4ccccc34)n2-c2ccc(OC)cc2)cc1. The fourth-order valence-electron chi connectivity index (χ4n) is 4.16. The number of carbonyl (C=O) groups excluding carboxylic acids is 1. The monoisotopic (exact) mass is 537 g/mol. The van der Waals surface area contributed by atoms with Crippen LogP contribution in [0.15, 0.2) is 101 Å². The fraction of sp³-hybridized carbons (Fsp3) is 0.133. The van der Waals surface area contributed by atoms with E-state index in [9.17, 15) is 4.79 Å². The van der Waals surface area contributed by atoms with Crippen molar-refractivity contribution in [2.45, 2.75) is 12.1 Å². The zero-order valence-electron chi connectivity index (χ0n) is 21.8. The van der Waals surface area contributed by atoms with E-state index in [1.54, 1.807) is 14.2 Å². The second-order valence-corrected chi connectivity index (χ2v) is 9.56. The molecule has 0 aliphatic heterocycles. The van der Waals surface area contributed by atoms with Crippen molar-refractivity contribution in [1.29, 1.82) is 0 Å². The topological polar surface area (TPSA) is 90.6 Å². The second-order valence-electron chi connectivity index (χ2n) is 8.62.